The first kappa shape index (κ1) is 5.75. The van der Waals surface area contributed by atoms with Gasteiger partial charge in [0.2, 0.25) is 0 Å². The van der Waals surface area contributed by atoms with Gasteiger partial charge in [0.25, 0.3) is 0 Å². The molecule has 0 spiro atoms. The Labute approximate surface area is 83.9 Å². The highest BCUT2D eigenvalue weighted by Gasteiger charge is 2.08. The molecule has 0 atom stereocenters. The van der Waals surface area contributed by atoms with Crippen molar-refractivity contribution in [2.45, 2.75) is 0 Å². The average molecular weight is 232 g/mol. The predicted molar refractivity (Wildman–Crippen MR) is 51.1 cm³/mol. The Hall–Kier alpha value is -0.830. The van der Waals surface area contributed by atoms with Crippen LogP contribution in [0, 0.1) is 0 Å². The lowest BCUT2D eigenvalue weighted by Crippen LogP contribution is -2.02. The minimum atomic E-state index is -2.54. The van der Waals surface area contributed by atoms with Crippen molar-refractivity contribution in [2.75, 3.05) is 12.4 Å². The molecule has 1 aromatic carbocycles. The van der Waals surface area contributed by atoms with E-state index in [4.69, 9.17) is 8.85 Å². The molecule has 12 heavy (non-hydrogen) atoms. The highest BCUT2D eigenvalue weighted by molar-refractivity contribution is 9.09. The van der Waals surface area contributed by atoms with Crippen molar-refractivity contribution in [2.24, 2.45) is 0 Å². The number of carbonyl (C=O) groups is 1. The fourth-order valence-electron chi connectivity index (χ4n) is 0.858. The Morgan fingerprint density at radius 3 is 3.08 bits per heavy atom. The zero-order chi connectivity index (χ0) is 11.5. The van der Waals surface area contributed by atoms with Crippen LogP contribution in [0.1, 0.15) is 14.5 Å². The predicted octanol–water partition coefficient (Wildman–Crippen LogP) is 2.27. The van der Waals surface area contributed by atoms with E-state index in [0.717, 1.165) is 0 Å². The molecule has 0 saturated carbocycles. The Balaban J connectivity index is 3.02. The molecule has 64 valence electrons. The molecule has 1 rings (SSSR count). The number of ketones is 1. The molecule has 0 bridgehead atoms. The van der Waals surface area contributed by atoms with Crippen LogP contribution in [0.15, 0.2) is 24.3 Å². The monoisotopic (exact) mass is 231 g/mol. The number of para-hydroxylation sites is 1. The first-order valence-electron chi connectivity index (χ1n) is 4.81. The average Bonchev–Trinajstić information content (AvgIpc) is 2.15. The smallest absolute Gasteiger partial charge is 0.177 e. The van der Waals surface area contributed by atoms with Gasteiger partial charge in [0, 0.05) is 0 Å². The number of benzene rings is 1. The van der Waals surface area contributed by atoms with E-state index >= 15 is 0 Å². The van der Waals surface area contributed by atoms with Crippen LogP contribution in [-0.4, -0.2) is 18.2 Å². The number of hydrogen-bond acceptors (Lipinski definition) is 2. The second-order valence-electron chi connectivity index (χ2n) is 2.16. The molecule has 2 nitrogen and oxygen atoms in total. The zero-order valence-corrected chi connectivity index (χ0v) is 7.80. The normalized spacial score (nSPS) is 14.2. The SMILES string of the molecule is [2H]C([2H])([2H])Oc1ccccc1C(=O)CBr. The van der Waals surface area contributed by atoms with Gasteiger partial charge in [0.05, 0.1) is 22.0 Å². The molecule has 0 unspecified atom stereocenters. The lowest BCUT2D eigenvalue weighted by Gasteiger charge is -2.04. The van der Waals surface area contributed by atoms with Crippen molar-refractivity contribution < 1.29 is 13.6 Å². The summed E-state index contributed by atoms with van der Waals surface area (Å²) in [4.78, 5) is 11.4. The largest absolute Gasteiger partial charge is 0.496 e. The molecule has 0 aliphatic carbocycles. The quantitative estimate of drug-likeness (QED) is 0.590. The van der Waals surface area contributed by atoms with Crippen LogP contribution >= 0.6 is 15.9 Å². The fourth-order valence-corrected chi connectivity index (χ4v) is 1.16. The Morgan fingerprint density at radius 1 is 1.67 bits per heavy atom. The van der Waals surface area contributed by atoms with E-state index in [-0.39, 0.29) is 22.4 Å². The summed E-state index contributed by atoms with van der Waals surface area (Å²) in [5.41, 5.74) is 0.269. The van der Waals surface area contributed by atoms with Crippen LogP contribution in [0.3, 0.4) is 0 Å². The van der Waals surface area contributed by atoms with Crippen molar-refractivity contribution in [3.05, 3.63) is 29.8 Å². The van der Waals surface area contributed by atoms with Gasteiger partial charge in [-0.3, -0.25) is 4.79 Å². The van der Waals surface area contributed by atoms with E-state index < -0.39 is 7.04 Å². The molecule has 0 aromatic heterocycles. The molecule has 3 heteroatoms. The summed E-state index contributed by atoms with van der Waals surface area (Å²) >= 11 is 3.02. The van der Waals surface area contributed by atoms with Gasteiger partial charge in [-0.2, -0.15) is 0 Å². The molecular weight excluding hydrogens is 220 g/mol. The van der Waals surface area contributed by atoms with Gasteiger partial charge in [-0.25, -0.2) is 0 Å². The summed E-state index contributed by atoms with van der Waals surface area (Å²) in [5, 5.41) is 0.133. The number of ether oxygens (including phenoxy) is 1. The van der Waals surface area contributed by atoms with Crippen molar-refractivity contribution >= 4 is 21.7 Å². The third-order valence-corrected chi connectivity index (χ3v) is 1.93. The fraction of sp³-hybridized carbons (Fsp3) is 0.222. The van der Waals surface area contributed by atoms with Crippen LogP contribution in [0.2, 0.25) is 0 Å². The molecular formula is C9H9BrO2. The topological polar surface area (TPSA) is 26.3 Å². The van der Waals surface area contributed by atoms with Gasteiger partial charge in [-0.15, -0.1) is 0 Å². The van der Waals surface area contributed by atoms with Gasteiger partial charge in [-0.05, 0) is 12.1 Å². The second kappa shape index (κ2) is 4.26. The van der Waals surface area contributed by atoms with Crippen LogP contribution < -0.4 is 4.74 Å². The van der Waals surface area contributed by atoms with Gasteiger partial charge in [0.1, 0.15) is 5.75 Å². The Bertz CT molecular complexity index is 363. The number of rotatable bonds is 3. The van der Waals surface area contributed by atoms with Gasteiger partial charge in [0.15, 0.2) is 5.78 Å². The number of Topliss-reactive ketones (excluding diaryl/α,β-unsaturated/α-hetero) is 1. The minimum absolute atomic E-state index is 0.0851. The van der Waals surface area contributed by atoms with E-state index in [9.17, 15) is 4.79 Å². The van der Waals surface area contributed by atoms with Gasteiger partial charge in [-0.1, -0.05) is 28.1 Å². The molecule has 0 radical (unpaired) electrons. The molecule has 1 aromatic rings. The Kier molecular flexibility index (Phi) is 2.04. The molecule has 0 saturated heterocycles. The number of alkyl halides is 1. The first-order valence-corrected chi connectivity index (χ1v) is 4.43. The van der Waals surface area contributed by atoms with Gasteiger partial charge >= 0.3 is 0 Å². The summed E-state index contributed by atoms with van der Waals surface area (Å²) in [6, 6.07) is 6.27. The van der Waals surface area contributed by atoms with E-state index in [2.05, 4.69) is 15.9 Å². The van der Waals surface area contributed by atoms with Crippen LogP contribution in [0.5, 0.6) is 5.75 Å². The molecule has 0 N–H and O–H groups in total. The third-order valence-electron chi connectivity index (χ3n) is 1.42. The lowest BCUT2D eigenvalue weighted by atomic mass is 10.1. The zero-order valence-electron chi connectivity index (χ0n) is 9.21. The van der Waals surface area contributed by atoms with Gasteiger partial charge < -0.3 is 4.74 Å². The van der Waals surface area contributed by atoms with E-state index in [0.29, 0.717) is 0 Å². The lowest BCUT2D eigenvalue weighted by molar-refractivity contribution is 0.102. The molecule has 0 aliphatic rings. The highest BCUT2D eigenvalue weighted by Crippen LogP contribution is 2.18. The van der Waals surface area contributed by atoms with Crippen molar-refractivity contribution in [1.29, 1.82) is 0 Å². The summed E-state index contributed by atoms with van der Waals surface area (Å²) in [7, 11) is -2.54. The molecule has 0 fully saturated rings. The van der Waals surface area contributed by atoms with Crippen molar-refractivity contribution in [1.82, 2.24) is 0 Å². The molecule has 0 amide bonds. The third kappa shape index (κ3) is 1.85. The minimum Gasteiger partial charge on any atom is -0.496 e. The standard InChI is InChI=1S/C9H9BrO2/c1-12-9-5-3-2-4-7(9)8(11)6-10/h2-5H,6H2,1H3/i1D3. The molecule has 0 heterocycles. The second-order valence-corrected chi connectivity index (χ2v) is 2.72. The summed E-state index contributed by atoms with van der Waals surface area (Å²) in [5.74, 6) is -0.128. The summed E-state index contributed by atoms with van der Waals surface area (Å²) < 4.78 is 25.6. The van der Waals surface area contributed by atoms with Crippen molar-refractivity contribution in [3.8, 4) is 5.75 Å². The number of carbonyl (C=O) groups excluding carboxylic acids is 1. The maximum absolute atomic E-state index is 11.4. The van der Waals surface area contributed by atoms with Crippen LogP contribution in [0.4, 0.5) is 0 Å². The van der Waals surface area contributed by atoms with E-state index in [1.54, 1.807) is 12.1 Å². The number of halogens is 1. The summed E-state index contributed by atoms with van der Waals surface area (Å²) in [6.45, 7) is 0. The summed E-state index contributed by atoms with van der Waals surface area (Å²) in [6.07, 6.45) is 0. The number of methoxy groups -OCH3 is 1. The van der Waals surface area contributed by atoms with Crippen LogP contribution in [0.25, 0.3) is 0 Å². The Morgan fingerprint density at radius 2 is 2.42 bits per heavy atom. The molecule has 0 aliphatic heterocycles. The van der Waals surface area contributed by atoms with E-state index in [1.165, 1.54) is 12.1 Å². The van der Waals surface area contributed by atoms with E-state index in [1.807, 2.05) is 0 Å². The maximum atomic E-state index is 11.4. The highest BCUT2D eigenvalue weighted by atomic mass is 79.9. The maximum Gasteiger partial charge on any atom is 0.177 e. The number of hydrogen-bond donors (Lipinski definition) is 0. The van der Waals surface area contributed by atoms with Crippen LogP contribution in [-0.2, 0) is 0 Å². The van der Waals surface area contributed by atoms with Crippen molar-refractivity contribution in [3.63, 3.8) is 0 Å². The first-order chi connectivity index (χ1) is 6.94.